The molecule has 2 rings (SSSR count). The quantitative estimate of drug-likeness (QED) is 0.471. The van der Waals surface area contributed by atoms with E-state index in [1.54, 1.807) is 11.4 Å². The van der Waals surface area contributed by atoms with Crippen molar-refractivity contribution in [2.24, 2.45) is 10.4 Å². The number of aliphatic hydroxyl groups is 1. The van der Waals surface area contributed by atoms with E-state index in [0.29, 0.717) is 26.1 Å². The van der Waals surface area contributed by atoms with Gasteiger partial charge >= 0.3 is 0 Å². The lowest BCUT2D eigenvalue weighted by atomic mass is 9.73. The molecule has 0 aromatic heterocycles. The van der Waals surface area contributed by atoms with Gasteiger partial charge in [0.05, 0.1) is 11.9 Å². The second kappa shape index (κ2) is 9.37. The molecule has 0 bridgehead atoms. The smallest absolute Gasteiger partial charge is 0.214 e. The van der Waals surface area contributed by atoms with Crippen LogP contribution in [0.4, 0.5) is 0 Å². The summed E-state index contributed by atoms with van der Waals surface area (Å²) in [5.41, 5.74) is -0.118. The summed E-state index contributed by atoms with van der Waals surface area (Å²) in [4.78, 5) is 4.30. The number of hydrogen-bond acceptors (Lipinski definition) is 4. The van der Waals surface area contributed by atoms with Crippen molar-refractivity contribution in [1.29, 1.82) is 0 Å². The molecule has 2 unspecified atom stereocenters. The predicted octanol–water partition coefficient (Wildman–Crippen LogP) is 1.30. The molecule has 2 atom stereocenters. The van der Waals surface area contributed by atoms with Crippen molar-refractivity contribution in [2.45, 2.75) is 70.9 Å². The Hall–Kier alpha value is -0.860. The molecule has 1 heterocycles. The standard InChI is InChI=1S/C18H36N4O3S/c1-4-13-26(24,25)22-11-8-15(9-12-22)21-17(19-3)20-14-18(2)10-6-5-7-16(18)23/h15-16,23H,4-14H2,1-3H3,(H2,19,20,21). The monoisotopic (exact) mass is 388 g/mol. The minimum Gasteiger partial charge on any atom is -0.392 e. The van der Waals surface area contributed by atoms with Crippen LogP contribution in [0.5, 0.6) is 0 Å². The van der Waals surface area contributed by atoms with Crippen molar-refractivity contribution in [3.8, 4) is 0 Å². The van der Waals surface area contributed by atoms with Crippen LogP contribution in [-0.4, -0.2) is 68.4 Å². The molecule has 0 aromatic rings. The van der Waals surface area contributed by atoms with E-state index < -0.39 is 10.0 Å². The summed E-state index contributed by atoms with van der Waals surface area (Å²) in [7, 11) is -1.35. The Morgan fingerprint density at radius 1 is 1.27 bits per heavy atom. The molecule has 1 saturated heterocycles. The third-order valence-corrected chi connectivity index (χ3v) is 7.89. The van der Waals surface area contributed by atoms with Gasteiger partial charge in [-0.25, -0.2) is 12.7 Å². The zero-order chi connectivity index (χ0) is 19.2. The minimum absolute atomic E-state index is 0.118. The number of rotatable bonds is 6. The second-order valence-electron chi connectivity index (χ2n) is 7.98. The van der Waals surface area contributed by atoms with Crippen molar-refractivity contribution < 1.29 is 13.5 Å². The Bertz CT molecular complexity index is 573. The van der Waals surface area contributed by atoms with E-state index >= 15 is 0 Å². The summed E-state index contributed by atoms with van der Waals surface area (Å²) in [6, 6.07) is 0.221. The summed E-state index contributed by atoms with van der Waals surface area (Å²) in [5.74, 6) is 0.966. The van der Waals surface area contributed by atoms with Crippen molar-refractivity contribution in [3.63, 3.8) is 0 Å². The van der Waals surface area contributed by atoms with E-state index in [-0.39, 0.29) is 23.3 Å². The number of guanidine groups is 1. The molecular formula is C18H36N4O3S. The van der Waals surface area contributed by atoms with Crippen molar-refractivity contribution in [2.75, 3.05) is 32.4 Å². The molecule has 7 nitrogen and oxygen atoms in total. The lowest BCUT2D eigenvalue weighted by molar-refractivity contribution is 0.00394. The first-order valence-electron chi connectivity index (χ1n) is 9.94. The van der Waals surface area contributed by atoms with Gasteiger partial charge in [-0.15, -0.1) is 0 Å². The Morgan fingerprint density at radius 3 is 2.54 bits per heavy atom. The Labute approximate surface area is 158 Å². The molecule has 0 radical (unpaired) electrons. The van der Waals surface area contributed by atoms with Crippen LogP contribution in [0, 0.1) is 5.41 Å². The fourth-order valence-electron chi connectivity index (χ4n) is 3.93. The average Bonchev–Trinajstić information content (AvgIpc) is 2.62. The van der Waals surface area contributed by atoms with Gasteiger partial charge in [-0.05, 0) is 32.1 Å². The third-order valence-electron chi connectivity index (χ3n) is 5.81. The Balaban J connectivity index is 1.80. The molecule has 26 heavy (non-hydrogen) atoms. The summed E-state index contributed by atoms with van der Waals surface area (Å²) in [6.07, 6.45) is 6.10. The molecule has 0 spiro atoms. The van der Waals surface area contributed by atoms with Crippen LogP contribution >= 0.6 is 0 Å². The first-order chi connectivity index (χ1) is 12.3. The molecule has 1 aliphatic heterocycles. The number of aliphatic imine (C=N–C) groups is 1. The predicted molar refractivity (Wildman–Crippen MR) is 106 cm³/mol. The SMILES string of the molecule is CCCS(=O)(=O)N1CCC(NC(=NC)NCC2(C)CCCCC2O)CC1. The largest absolute Gasteiger partial charge is 0.392 e. The van der Waals surface area contributed by atoms with E-state index in [9.17, 15) is 13.5 Å². The first kappa shape index (κ1) is 21.4. The highest BCUT2D eigenvalue weighted by atomic mass is 32.2. The summed E-state index contributed by atoms with van der Waals surface area (Å²) >= 11 is 0. The van der Waals surface area contributed by atoms with Crippen LogP contribution in [0.15, 0.2) is 4.99 Å². The lowest BCUT2D eigenvalue weighted by Crippen LogP contribution is -2.52. The average molecular weight is 389 g/mol. The topological polar surface area (TPSA) is 94.0 Å². The number of nitrogens with zero attached hydrogens (tertiary/aromatic N) is 2. The second-order valence-corrected chi connectivity index (χ2v) is 10.1. The zero-order valence-corrected chi connectivity index (χ0v) is 17.3. The Morgan fingerprint density at radius 2 is 1.96 bits per heavy atom. The number of hydrogen-bond donors (Lipinski definition) is 3. The fourth-order valence-corrected chi connectivity index (χ4v) is 5.47. The molecule has 0 amide bonds. The maximum atomic E-state index is 12.2. The van der Waals surface area contributed by atoms with Crippen molar-refractivity contribution >= 4 is 16.0 Å². The lowest BCUT2D eigenvalue weighted by Gasteiger charge is -2.39. The van der Waals surface area contributed by atoms with Crippen LogP contribution < -0.4 is 10.6 Å². The van der Waals surface area contributed by atoms with Gasteiger partial charge in [0, 0.05) is 38.1 Å². The first-order valence-corrected chi connectivity index (χ1v) is 11.5. The molecule has 2 aliphatic rings. The maximum Gasteiger partial charge on any atom is 0.214 e. The highest BCUT2D eigenvalue weighted by Gasteiger charge is 2.35. The molecule has 1 saturated carbocycles. The summed E-state index contributed by atoms with van der Waals surface area (Å²) < 4.78 is 25.9. The van der Waals surface area contributed by atoms with Crippen LogP contribution in [0.3, 0.4) is 0 Å². The van der Waals surface area contributed by atoms with Crippen molar-refractivity contribution in [1.82, 2.24) is 14.9 Å². The number of piperidine rings is 1. The number of aliphatic hydroxyl groups excluding tert-OH is 1. The van der Waals surface area contributed by atoms with Crippen molar-refractivity contribution in [3.05, 3.63) is 0 Å². The van der Waals surface area contributed by atoms with Gasteiger partial charge in [0.15, 0.2) is 5.96 Å². The van der Waals surface area contributed by atoms with E-state index in [1.165, 1.54) is 0 Å². The van der Waals surface area contributed by atoms with Gasteiger partial charge in [-0.1, -0.05) is 26.7 Å². The molecule has 3 N–H and O–H groups in total. The molecular weight excluding hydrogens is 352 g/mol. The highest BCUT2D eigenvalue weighted by Crippen LogP contribution is 2.35. The Kier molecular flexibility index (Phi) is 7.73. The van der Waals surface area contributed by atoms with Gasteiger partial charge in [0.2, 0.25) is 10.0 Å². The highest BCUT2D eigenvalue weighted by molar-refractivity contribution is 7.89. The fraction of sp³-hybridized carbons (Fsp3) is 0.944. The van der Waals surface area contributed by atoms with E-state index in [0.717, 1.165) is 44.5 Å². The van der Waals surface area contributed by atoms with Crippen LogP contribution in [-0.2, 0) is 10.0 Å². The summed E-state index contributed by atoms with van der Waals surface area (Å²) in [5, 5.41) is 17.1. The summed E-state index contributed by atoms with van der Waals surface area (Å²) in [6.45, 7) is 5.85. The van der Waals surface area contributed by atoms with Gasteiger partial charge in [-0.2, -0.15) is 0 Å². The van der Waals surface area contributed by atoms with Crippen LogP contribution in [0.1, 0.15) is 58.8 Å². The number of sulfonamides is 1. The van der Waals surface area contributed by atoms with E-state index in [2.05, 4.69) is 22.5 Å². The molecule has 1 aliphatic carbocycles. The minimum atomic E-state index is -3.10. The zero-order valence-electron chi connectivity index (χ0n) is 16.5. The third kappa shape index (κ3) is 5.57. The van der Waals surface area contributed by atoms with E-state index in [1.807, 2.05) is 6.92 Å². The van der Waals surface area contributed by atoms with Gasteiger partial charge < -0.3 is 15.7 Å². The molecule has 8 heteroatoms. The maximum absolute atomic E-state index is 12.2. The van der Waals surface area contributed by atoms with Crippen LogP contribution in [0.2, 0.25) is 0 Å². The molecule has 0 aromatic carbocycles. The molecule has 152 valence electrons. The normalized spacial score (nSPS) is 29.5. The van der Waals surface area contributed by atoms with Crippen LogP contribution in [0.25, 0.3) is 0 Å². The van der Waals surface area contributed by atoms with Gasteiger partial charge in [-0.3, -0.25) is 4.99 Å². The van der Waals surface area contributed by atoms with E-state index in [4.69, 9.17) is 0 Å². The van der Waals surface area contributed by atoms with Gasteiger partial charge in [0.1, 0.15) is 0 Å². The number of nitrogens with one attached hydrogen (secondary N) is 2. The van der Waals surface area contributed by atoms with Gasteiger partial charge in [0.25, 0.3) is 0 Å². The molecule has 2 fully saturated rings.